The maximum absolute atomic E-state index is 11.9. The number of hydrogen-bond donors (Lipinski definition) is 2. The normalized spacial score (nSPS) is 21.9. The van der Waals surface area contributed by atoms with Crippen LogP contribution in [0, 0.1) is 5.92 Å². The zero-order valence-electron chi connectivity index (χ0n) is 10.5. The van der Waals surface area contributed by atoms with E-state index in [0.717, 1.165) is 12.2 Å². The maximum Gasteiger partial charge on any atom is 0.307 e. The highest BCUT2D eigenvalue weighted by Crippen LogP contribution is 2.18. The molecule has 106 valence electrons. The Morgan fingerprint density at radius 1 is 1.56 bits per heavy atom. The number of thioether (sulfide) groups is 1. The lowest BCUT2D eigenvalue weighted by atomic mass is 10.0. The summed E-state index contributed by atoms with van der Waals surface area (Å²) in [5, 5.41) is 8.92. The van der Waals surface area contributed by atoms with E-state index in [2.05, 4.69) is 4.72 Å². The van der Waals surface area contributed by atoms with Crippen LogP contribution in [0.3, 0.4) is 0 Å². The Hall–Kier alpha value is -0.310. The van der Waals surface area contributed by atoms with Crippen LogP contribution in [0.1, 0.15) is 19.3 Å². The van der Waals surface area contributed by atoms with Gasteiger partial charge in [-0.05, 0) is 31.3 Å². The van der Waals surface area contributed by atoms with E-state index < -0.39 is 22.1 Å². The van der Waals surface area contributed by atoms with Crippen molar-refractivity contribution in [2.24, 2.45) is 5.92 Å². The van der Waals surface area contributed by atoms with Gasteiger partial charge in [0.15, 0.2) is 0 Å². The summed E-state index contributed by atoms with van der Waals surface area (Å²) >= 11 is 1.67. The molecule has 1 saturated heterocycles. The van der Waals surface area contributed by atoms with E-state index in [0.29, 0.717) is 25.9 Å². The number of hydrogen-bond acceptors (Lipinski definition) is 4. The summed E-state index contributed by atoms with van der Waals surface area (Å²) < 4.78 is 27.6. The molecule has 1 unspecified atom stereocenters. The molecule has 18 heavy (non-hydrogen) atoms. The zero-order valence-corrected chi connectivity index (χ0v) is 12.1. The number of nitrogens with zero attached hydrogens (tertiary/aromatic N) is 1. The molecule has 0 spiro atoms. The van der Waals surface area contributed by atoms with Crippen LogP contribution in [0.2, 0.25) is 0 Å². The number of carboxylic acid groups (broad SMARTS) is 1. The third-order valence-corrected chi connectivity index (χ3v) is 5.16. The fourth-order valence-corrected chi connectivity index (χ4v) is 3.63. The Bertz CT molecular complexity index is 372. The average molecular weight is 296 g/mol. The molecule has 1 aliphatic rings. The Morgan fingerprint density at radius 2 is 2.28 bits per heavy atom. The molecule has 0 aliphatic carbocycles. The number of nitrogens with one attached hydrogen (secondary N) is 1. The van der Waals surface area contributed by atoms with Crippen molar-refractivity contribution >= 4 is 27.9 Å². The average Bonchev–Trinajstić information content (AvgIpc) is 2.35. The molecule has 0 aromatic heterocycles. The molecule has 0 aromatic carbocycles. The number of rotatable bonds is 7. The van der Waals surface area contributed by atoms with E-state index in [1.165, 1.54) is 4.31 Å². The highest BCUT2D eigenvalue weighted by molar-refractivity contribution is 7.98. The molecule has 1 fully saturated rings. The van der Waals surface area contributed by atoms with Gasteiger partial charge in [-0.25, -0.2) is 4.72 Å². The van der Waals surface area contributed by atoms with E-state index in [4.69, 9.17) is 5.11 Å². The van der Waals surface area contributed by atoms with E-state index in [1.54, 1.807) is 11.8 Å². The molecule has 0 bridgehead atoms. The lowest BCUT2D eigenvalue weighted by Crippen LogP contribution is -2.47. The van der Waals surface area contributed by atoms with Gasteiger partial charge < -0.3 is 5.11 Å². The molecule has 0 saturated carbocycles. The summed E-state index contributed by atoms with van der Waals surface area (Å²) in [4.78, 5) is 10.9. The molecule has 6 nitrogen and oxygen atoms in total. The molecule has 0 aromatic rings. The minimum absolute atomic E-state index is 0.0766. The third-order valence-electron chi connectivity index (χ3n) is 2.88. The summed E-state index contributed by atoms with van der Waals surface area (Å²) in [6, 6.07) is 0. The summed E-state index contributed by atoms with van der Waals surface area (Å²) in [5.41, 5.74) is 0. The molecule has 1 rings (SSSR count). The minimum Gasteiger partial charge on any atom is -0.481 e. The number of piperidine rings is 1. The van der Waals surface area contributed by atoms with Crippen molar-refractivity contribution < 1.29 is 18.3 Å². The summed E-state index contributed by atoms with van der Waals surface area (Å²) in [6.45, 7) is 0.881. The maximum atomic E-state index is 11.9. The van der Waals surface area contributed by atoms with Crippen LogP contribution >= 0.6 is 11.8 Å². The molecule has 1 aliphatic heterocycles. The van der Waals surface area contributed by atoms with Gasteiger partial charge in [0, 0.05) is 19.6 Å². The van der Waals surface area contributed by atoms with E-state index in [9.17, 15) is 13.2 Å². The van der Waals surface area contributed by atoms with Crippen LogP contribution < -0.4 is 4.72 Å². The van der Waals surface area contributed by atoms with Gasteiger partial charge in [-0.2, -0.15) is 24.5 Å². The molecule has 0 radical (unpaired) electrons. The first-order chi connectivity index (χ1) is 8.47. The molecule has 0 amide bonds. The van der Waals surface area contributed by atoms with Crippen molar-refractivity contribution in [3.63, 3.8) is 0 Å². The second-order valence-corrected chi connectivity index (χ2v) is 7.02. The first-order valence-electron chi connectivity index (χ1n) is 5.94. The molecule has 1 atom stereocenters. The SMILES string of the molecule is CSCCCNS(=O)(=O)N1CCCC(C(=O)O)C1. The van der Waals surface area contributed by atoms with Gasteiger partial charge in [0.1, 0.15) is 0 Å². The van der Waals surface area contributed by atoms with Crippen LogP contribution in [0.25, 0.3) is 0 Å². The Kier molecular flexibility index (Phi) is 6.40. The molecule has 8 heteroatoms. The van der Waals surface area contributed by atoms with Gasteiger partial charge in [-0.15, -0.1) is 0 Å². The fraction of sp³-hybridized carbons (Fsp3) is 0.900. The van der Waals surface area contributed by atoms with Crippen LogP contribution in [0.5, 0.6) is 0 Å². The standard InChI is InChI=1S/C10H20N2O4S2/c1-17-7-3-5-11-18(15,16)12-6-2-4-9(8-12)10(13)14/h9,11H,2-8H2,1H3,(H,13,14). The number of carbonyl (C=O) groups is 1. The van der Waals surface area contributed by atoms with E-state index >= 15 is 0 Å². The fourth-order valence-electron chi connectivity index (χ4n) is 1.87. The molecule has 2 N–H and O–H groups in total. The van der Waals surface area contributed by atoms with E-state index in [1.807, 2.05) is 6.26 Å². The number of carboxylic acids is 1. The van der Waals surface area contributed by atoms with Crippen molar-refractivity contribution in [1.29, 1.82) is 0 Å². The second-order valence-electron chi connectivity index (χ2n) is 4.28. The van der Waals surface area contributed by atoms with Crippen molar-refractivity contribution in [3.8, 4) is 0 Å². The Morgan fingerprint density at radius 3 is 2.89 bits per heavy atom. The van der Waals surface area contributed by atoms with Crippen LogP contribution in [0.15, 0.2) is 0 Å². The summed E-state index contributed by atoms with van der Waals surface area (Å²) in [7, 11) is -3.52. The highest BCUT2D eigenvalue weighted by atomic mass is 32.2. The smallest absolute Gasteiger partial charge is 0.307 e. The van der Waals surface area contributed by atoms with Crippen molar-refractivity contribution in [2.75, 3.05) is 31.6 Å². The van der Waals surface area contributed by atoms with Crippen molar-refractivity contribution in [1.82, 2.24) is 9.03 Å². The predicted octanol–water partition coefficient (Wildman–Crippen LogP) is 0.370. The first-order valence-corrected chi connectivity index (χ1v) is 8.77. The monoisotopic (exact) mass is 296 g/mol. The van der Waals surface area contributed by atoms with E-state index in [-0.39, 0.29) is 6.54 Å². The van der Waals surface area contributed by atoms with Crippen LogP contribution in [-0.2, 0) is 15.0 Å². The Labute approximate surface area is 112 Å². The van der Waals surface area contributed by atoms with Gasteiger partial charge in [0.25, 0.3) is 10.2 Å². The summed E-state index contributed by atoms with van der Waals surface area (Å²) in [6.07, 6.45) is 3.89. The topological polar surface area (TPSA) is 86.7 Å². The lowest BCUT2D eigenvalue weighted by Gasteiger charge is -2.29. The first kappa shape index (κ1) is 15.7. The van der Waals surface area contributed by atoms with Crippen LogP contribution in [0.4, 0.5) is 0 Å². The van der Waals surface area contributed by atoms with Crippen LogP contribution in [-0.4, -0.2) is 55.4 Å². The van der Waals surface area contributed by atoms with Gasteiger partial charge >= 0.3 is 5.97 Å². The molecule has 1 heterocycles. The second kappa shape index (κ2) is 7.32. The zero-order chi connectivity index (χ0) is 13.6. The van der Waals surface area contributed by atoms with Crippen molar-refractivity contribution in [2.45, 2.75) is 19.3 Å². The largest absolute Gasteiger partial charge is 0.481 e. The molecular formula is C10H20N2O4S2. The lowest BCUT2D eigenvalue weighted by molar-refractivity contribution is -0.142. The Balaban J connectivity index is 2.48. The van der Waals surface area contributed by atoms with Gasteiger partial charge in [0.2, 0.25) is 0 Å². The summed E-state index contributed by atoms with van der Waals surface area (Å²) in [5.74, 6) is -0.598. The quantitative estimate of drug-likeness (QED) is 0.663. The highest BCUT2D eigenvalue weighted by Gasteiger charge is 2.31. The van der Waals surface area contributed by atoms with Gasteiger partial charge in [0.05, 0.1) is 5.92 Å². The molecular weight excluding hydrogens is 276 g/mol. The predicted molar refractivity (Wildman–Crippen MR) is 71.9 cm³/mol. The number of aliphatic carboxylic acids is 1. The van der Waals surface area contributed by atoms with Gasteiger partial charge in [-0.1, -0.05) is 0 Å². The minimum atomic E-state index is -3.52. The third kappa shape index (κ3) is 4.75. The van der Waals surface area contributed by atoms with Gasteiger partial charge in [-0.3, -0.25) is 4.79 Å². The van der Waals surface area contributed by atoms with Crippen molar-refractivity contribution in [3.05, 3.63) is 0 Å².